The molecule has 8 heteroatoms. The molecule has 0 radical (unpaired) electrons. The fourth-order valence-corrected chi connectivity index (χ4v) is 4.78. The second kappa shape index (κ2) is 12.3. The molecular formula is C29H34N2O6. The Balaban J connectivity index is 1.68. The van der Waals surface area contributed by atoms with Crippen LogP contribution < -0.4 is 19.5 Å². The largest absolute Gasteiger partial charge is 0.497 e. The Bertz CT molecular complexity index is 1170. The lowest BCUT2D eigenvalue weighted by atomic mass is 10.0. The number of methoxy groups -OCH3 is 3. The van der Waals surface area contributed by atoms with Crippen LogP contribution in [-0.2, 0) is 11.2 Å². The number of ether oxygens (including phenoxy) is 3. The SMILES string of the molecule is COc1ccc([C@H](C(=O)NC2CCCC2)N(CCc2ccc(OC)c(OC)c2)C(=O)c2ccco2)cc1. The minimum atomic E-state index is -0.843. The quantitative estimate of drug-likeness (QED) is 0.402. The van der Waals surface area contributed by atoms with E-state index in [0.29, 0.717) is 29.2 Å². The van der Waals surface area contributed by atoms with Crippen molar-refractivity contribution in [1.29, 1.82) is 0 Å². The molecule has 1 saturated carbocycles. The van der Waals surface area contributed by atoms with Gasteiger partial charge in [0.25, 0.3) is 5.91 Å². The van der Waals surface area contributed by atoms with Crippen LogP contribution in [0.3, 0.4) is 0 Å². The molecular weight excluding hydrogens is 472 g/mol. The van der Waals surface area contributed by atoms with Gasteiger partial charge < -0.3 is 28.8 Å². The number of furan rings is 1. The lowest BCUT2D eigenvalue weighted by Crippen LogP contribution is -2.46. The zero-order chi connectivity index (χ0) is 26.2. The first kappa shape index (κ1) is 26.1. The number of hydrogen-bond acceptors (Lipinski definition) is 6. The van der Waals surface area contributed by atoms with Crippen molar-refractivity contribution in [3.8, 4) is 17.2 Å². The fourth-order valence-electron chi connectivity index (χ4n) is 4.78. The zero-order valence-electron chi connectivity index (χ0n) is 21.6. The Morgan fingerprint density at radius 3 is 2.32 bits per heavy atom. The summed E-state index contributed by atoms with van der Waals surface area (Å²) in [6, 6.07) is 15.5. The van der Waals surface area contributed by atoms with Gasteiger partial charge in [-0.25, -0.2) is 0 Å². The van der Waals surface area contributed by atoms with E-state index in [1.807, 2.05) is 30.3 Å². The average Bonchev–Trinajstić information content (AvgIpc) is 3.65. The molecule has 8 nitrogen and oxygen atoms in total. The minimum absolute atomic E-state index is 0.111. The van der Waals surface area contributed by atoms with Crippen molar-refractivity contribution >= 4 is 11.8 Å². The molecule has 0 aliphatic heterocycles. The second-order valence-corrected chi connectivity index (χ2v) is 9.08. The number of carbonyl (C=O) groups excluding carboxylic acids is 2. The van der Waals surface area contributed by atoms with Gasteiger partial charge in [-0.3, -0.25) is 9.59 Å². The van der Waals surface area contributed by atoms with Crippen LogP contribution in [-0.4, -0.2) is 50.6 Å². The lowest BCUT2D eigenvalue weighted by molar-refractivity contribution is -0.126. The predicted octanol–water partition coefficient (Wildman–Crippen LogP) is 4.79. The Labute approximate surface area is 217 Å². The third-order valence-corrected chi connectivity index (χ3v) is 6.78. The van der Waals surface area contributed by atoms with E-state index in [4.69, 9.17) is 18.6 Å². The lowest BCUT2D eigenvalue weighted by Gasteiger charge is -2.32. The van der Waals surface area contributed by atoms with Crippen molar-refractivity contribution in [3.05, 3.63) is 77.7 Å². The highest BCUT2D eigenvalue weighted by atomic mass is 16.5. The third kappa shape index (κ3) is 6.25. The Kier molecular flexibility index (Phi) is 8.72. The maximum absolute atomic E-state index is 13.8. The van der Waals surface area contributed by atoms with Crippen LogP contribution in [0.1, 0.15) is 53.4 Å². The predicted molar refractivity (Wildman–Crippen MR) is 139 cm³/mol. The van der Waals surface area contributed by atoms with Gasteiger partial charge in [0.05, 0.1) is 27.6 Å². The molecule has 1 aliphatic rings. The summed E-state index contributed by atoms with van der Waals surface area (Å²) in [7, 11) is 4.76. The molecule has 3 aromatic rings. The van der Waals surface area contributed by atoms with E-state index in [1.54, 1.807) is 50.5 Å². The van der Waals surface area contributed by atoms with E-state index in [9.17, 15) is 9.59 Å². The number of benzene rings is 2. The third-order valence-electron chi connectivity index (χ3n) is 6.78. The molecule has 0 saturated heterocycles. The van der Waals surface area contributed by atoms with Crippen LogP contribution >= 0.6 is 0 Å². The highest BCUT2D eigenvalue weighted by Crippen LogP contribution is 2.30. The van der Waals surface area contributed by atoms with Crippen LogP contribution in [0, 0.1) is 0 Å². The van der Waals surface area contributed by atoms with Crippen molar-refractivity contribution in [2.75, 3.05) is 27.9 Å². The van der Waals surface area contributed by atoms with Crippen molar-refractivity contribution in [1.82, 2.24) is 10.2 Å². The summed E-state index contributed by atoms with van der Waals surface area (Å²) in [5, 5.41) is 3.19. The van der Waals surface area contributed by atoms with E-state index in [-0.39, 0.29) is 30.2 Å². The first-order chi connectivity index (χ1) is 18.0. The first-order valence-electron chi connectivity index (χ1n) is 12.5. The first-order valence-corrected chi connectivity index (χ1v) is 12.5. The standard InChI is InChI=1S/C29H34N2O6/c1-34-23-13-11-21(12-14-23)27(28(32)30-22-7-4-5-8-22)31(29(33)25-9-6-18-37-25)17-16-20-10-15-24(35-2)26(19-20)36-3/h6,9-15,18-19,22,27H,4-5,7-8,16-17H2,1-3H3,(H,30,32)/t27-/m1/s1. The van der Waals surface area contributed by atoms with E-state index in [1.165, 1.54) is 6.26 Å². The van der Waals surface area contributed by atoms with E-state index in [2.05, 4.69) is 5.32 Å². The molecule has 1 atom stereocenters. The summed E-state index contributed by atoms with van der Waals surface area (Å²) in [6.07, 6.45) is 6.02. The second-order valence-electron chi connectivity index (χ2n) is 9.08. The Morgan fingerprint density at radius 2 is 1.70 bits per heavy atom. The van der Waals surface area contributed by atoms with E-state index in [0.717, 1.165) is 31.2 Å². The van der Waals surface area contributed by atoms with Gasteiger partial charge in [0.2, 0.25) is 5.91 Å². The van der Waals surface area contributed by atoms with Gasteiger partial charge in [-0.15, -0.1) is 0 Å². The molecule has 0 spiro atoms. The monoisotopic (exact) mass is 506 g/mol. The van der Waals surface area contributed by atoms with Gasteiger partial charge in [0.1, 0.15) is 11.8 Å². The van der Waals surface area contributed by atoms with Crippen molar-refractivity contribution in [2.24, 2.45) is 0 Å². The molecule has 2 aromatic carbocycles. The van der Waals surface area contributed by atoms with Crippen LogP contribution in [0.15, 0.2) is 65.3 Å². The van der Waals surface area contributed by atoms with Crippen LogP contribution in [0.5, 0.6) is 17.2 Å². The molecule has 196 valence electrons. The number of nitrogens with one attached hydrogen (secondary N) is 1. The van der Waals surface area contributed by atoms with Gasteiger partial charge in [0, 0.05) is 12.6 Å². The van der Waals surface area contributed by atoms with Crippen LogP contribution in [0.4, 0.5) is 0 Å². The molecule has 0 unspecified atom stereocenters. The zero-order valence-corrected chi connectivity index (χ0v) is 21.6. The molecule has 1 N–H and O–H groups in total. The van der Waals surface area contributed by atoms with E-state index < -0.39 is 6.04 Å². The van der Waals surface area contributed by atoms with Gasteiger partial charge in [-0.2, -0.15) is 0 Å². The van der Waals surface area contributed by atoms with Crippen LogP contribution in [0.25, 0.3) is 0 Å². The summed E-state index contributed by atoms with van der Waals surface area (Å²) < 4.78 is 21.6. The number of hydrogen-bond donors (Lipinski definition) is 1. The van der Waals surface area contributed by atoms with Crippen molar-refractivity contribution < 1.29 is 28.2 Å². The maximum Gasteiger partial charge on any atom is 0.290 e. The molecule has 2 amide bonds. The summed E-state index contributed by atoms with van der Waals surface area (Å²) in [6.45, 7) is 0.282. The summed E-state index contributed by atoms with van der Waals surface area (Å²) in [4.78, 5) is 29.1. The topological polar surface area (TPSA) is 90.2 Å². The molecule has 1 aliphatic carbocycles. The molecule has 1 fully saturated rings. The van der Waals surface area contributed by atoms with E-state index >= 15 is 0 Å². The summed E-state index contributed by atoms with van der Waals surface area (Å²) >= 11 is 0. The normalized spacial score (nSPS) is 14.1. The maximum atomic E-state index is 13.8. The van der Waals surface area contributed by atoms with Gasteiger partial charge in [-0.1, -0.05) is 31.0 Å². The summed E-state index contributed by atoms with van der Waals surface area (Å²) in [5.74, 6) is 1.53. The fraction of sp³-hybridized carbons (Fsp3) is 0.379. The minimum Gasteiger partial charge on any atom is -0.497 e. The van der Waals surface area contributed by atoms with Crippen LogP contribution in [0.2, 0.25) is 0 Å². The van der Waals surface area contributed by atoms with Crippen molar-refractivity contribution in [3.63, 3.8) is 0 Å². The molecule has 1 aromatic heterocycles. The molecule has 0 bridgehead atoms. The highest BCUT2D eigenvalue weighted by Gasteiger charge is 2.34. The molecule has 4 rings (SSSR count). The number of nitrogens with zero attached hydrogens (tertiary/aromatic N) is 1. The van der Waals surface area contributed by atoms with Gasteiger partial charge >= 0.3 is 0 Å². The van der Waals surface area contributed by atoms with Crippen molar-refractivity contribution in [2.45, 2.75) is 44.2 Å². The smallest absolute Gasteiger partial charge is 0.290 e. The highest BCUT2D eigenvalue weighted by molar-refractivity contribution is 5.96. The average molecular weight is 507 g/mol. The molecule has 37 heavy (non-hydrogen) atoms. The van der Waals surface area contributed by atoms with Gasteiger partial charge in [0.15, 0.2) is 17.3 Å². The Morgan fingerprint density at radius 1 is 0.973 bits per heavy atom. The number of amides is 2. The number of rotatable bonds is 11. The molecule has 1 heterocycles. The Hall–Kier alpha value is -3.94. The number of carbonyl (C=O) groups is 2. The van der Waals surface area contributed by atoms with Gasteiger partial charge in [-0.05, 0) is 66.8 Å². The summed E-state index contributed by atoms with van der Waals surface area (Å²) in [5.41, 5.74) is 1.64.